The molecule has 12 heteroatoms. The molecule has 3 aromatic heterocycles. The van der Waals surface area contributed by atoms with Crippen molar-refractivity contribution in [1.29, 1.82) is 0 Å². The minimum Gasteiger partial charge on any atom is -0.455 e. The molecule has 54 heavy (non-hydrogen) atoms. The van der Waals surface area contributed by atoms with Crippen LogP contribution in [0.25, 0.3) is 0 Å². The summed E-state index contributed by atoms with van der Waals surface area (Å²) in [5.41, 5.74) is 7.30. The van der Waals surface area contributed by atoms with Crippen molar-refractivity contribution < 1.29 is 19.1 Å². The van der Waals surface area contributed by atoms with Gasteiger partial charge in [0.15, 0.2) is 0 Å². The van der Waals surface area contributed by atoms with Crippen LogP contribution in [0.15, 0.2) is 46.9 Å². The van der Waals surface area contributed by atoms with Crippen LogP contribution in [0, 0.1) is 10.8 Å². The maximum atomic E-state index is 12.8. The van der Waals surface area contributed by atoms with Gasteiger partial charge in [-0.05, 0) is 60.8 Å². The van der Waals surface area contributed by atoms with Crippen LogP contribution in [-0.2, 0) is 31.9 Å². The average Bonchev–Trinajstić information content (AvgIpc) is 3.78. The van der Waals surface area contributed by atoms with Crippen molar-refractivity contribution in [3.05, 3.63) is 70.8 Å². The molecule has 0 spiro atoms. The lowest BCUT2D eigenvalue weighted by Gasteiger charge is -2.24. The normalized spacial score (nSPS) is 23.6. The van der Waals surface area contributed by atoms with Gasteiger partial charge in [-0.3, -0.25) is 39.5 Å². The van der Waals surface area contributed by atoms with E-state index >= 15 is 0 Å². The molecule has 0 saturated carbocycles. The van der Waals surface area contributed by atoms with E-state index in [4.69, 9.17) is 39.4 Å². The van der Waals surface area contributed by atoms with E-state index in [1.165, 1.54) is 0 Å². The number of aromatic nitrogens is 4. The third-order valence-electron chi connectivity index (χ3n) is 10.4. The molecular formula is C42H54N8O4. The second kappa shape index (κ2) is 14.8. The third-order valence-corrected chi connectivity index (χ3v) is 10.4. The molecule has 286 valence electrons. The van der Waals surface area contributed by atoms with Gasteiger partial charge >= 0.3 is 11.9 Å². The number of anilines is 2. The lowest BCUT2D eigenvalue weighted by molar-refractivity contribution is -0.152. The molecule has 2 fully saturated rings. The van der Waals surface area contributed by atoms with E-state index < -0.39 is 12.2 Å². The number of ether oxygens (including phenoxy) is 2. The van der Waals surface area contributed by atoms with Gasteiger partial charge < -0.3 is 19.3 Å². The van der Waals surface area contributed by atoms with Crippen LogP contribution in [0.3, 0.4) is 0 Å². The third kappa shape index (κ3) is 7.61. The highest BCUT2D eigenvalue weighted by Gasteiger charge is 2.42. The zero-order valence-electron chi connectivity index (χ0n) is 33.1. The number of carbonyl (C=O) groups excluding carboxylic acids is 2. The van der Waals surface area contributed by atoms with Gasteiger partial charge in [-0.15, -0.1) is 0 Å². The van der Waals surface area contributed by atoms with Gasteiger partial charge in [-0.1, -0.05) is 41.5 Å². The fraction of sp³-hybridized carbons (Fsp3) is 0.571. The van der Waals surface area contributed by atoms with Crippen molar-refractivity contribution in [1.82, 2.24) is 19.9 Å². The molecule has 4 bridgehead atoms. The molecule has 7 rings (SSSR count). The Labute approximate surface area is 318 Å². The first-order valence-electron chi connectivity index (χ1n) is 19.5. The summed E-state index contributed by atoms with van der Waals surface area (Å²) in [6.07, 6.45) is 10.2. The van der Waals surface area contributed by atoms with Crippen molar-refractivity contribution in [2.24, 2.45) is 20.8 Å². The van der Waals surface area contributed by atoms with Gasteiger partial charge in [0.2, 0.25) is 0 Å². The molecular weight excluding hydrogens is 681 g/mol. The minimum absolute atomic E-state index is 0.0243. The van der Waals surface area contributed by atoms with Crippen LogP contribution < -0.4 is 9.80 Å². The molecule has 4 unspecified atom stereocenters. The number of esters is 2. The van der Waals surface area contributed by atoms with E-state index in [2.05, 4.69) is 9.80 Å². The summed E-state index contributed by atoms with van der Waals surface area (Å²) < 4.78 is 12.0. The molecule has 5 heterocycles. The van der Waals surface area contributed by atoms with Crippen LogP contribution in [-0.4, -0.2) is 69.7 Å². The average molecular weight is 735 g/mol. The first-order valence-corrected chi connectivity index (χ1v) is 19.5. The second-order valence-electron chi connectivity index (χ2n) is 17.3. The van der Waals surface area contributed by atoms with Crippen LogP contribution in [0.2, 0.25) is 0 Å². The summed E-state index contributed by atoms with van der Waals surface area (Å²) in [6.45, 7) is 19.1. The van der Waals surface area contributed by atoms with Gasteiger partial charge in [0.1, 0.15) is 35.3 Å². The number of pyridine rings is 2. The topological polar surface area (TPSA) is 135 Å². The highest BCUT2D eigenvalue weighted by molar-refractivity contribution is 6.06. The number of amidine groups is 2. The molecule has 0 amide bonds. The molecule has 12 nitrogen and oxygen atoms in total. The number of aliphatic imine (C=N–C) groups is 2. The largest absolute Gasteiger partial charge is 0.455 e. The van der Waals surface area contributed by atoms with Gasteiger partial charge in [0, 0.05) is 63.8 Å². The molecule has 0 aromatic carbocycles. The highest BCUT2D eigenvalue weighted by atomic mass is 16.5. The molecule has 4 aliphatic rings. The lowest BCUT2D eigenvalue weighted by atomic mass is 9.92. The number of hydrogen-bond donors (Lipinski definition) is 0. The SMILES string of the molecule is CCN=C1C(c2cnc(C3CCN(c4c5ccnc4C(OC(=O)CC(C)(C)C)C5)C3=NCC)cn2)CCN1c1c2ccnc1C(OC(=O)CC(C)(C)C)C2. The number of hydrogen-bond acceptors (Lipinski definition) is 10. The van der Waals surface area contributed by atoms with E-state index in [0.717, 1.165) is 82.9 Å². The summed E-state index contributed by atoms with van der Waals surface area (Å²) in [4.78, 5) is 59.7. The fourth-order valence-electron chi connectivity index (χ4n) is 8.32. The van der Waals surface area contributed by atoms with Crippen molar-refractivity contribution in [2.75, 3.05) is 36.0 Å². The monoisotopic (exact) mass is 734 g/mol. The smallest absolute Gasteiger partial charge is 0.306 e. The van der Waals surface area contributed by atoms with E-state index in [0.29, 0.717) is 38.8 Å². The summed E-state index contributed by atoms with van der Waals surface area (Å²) in [5, 5.41) is 0. The van der Waals surface area contributed by atoms with Crippen LogP contribution in [0.4, 0.5) is 11.4 Å². The van der Waals surface area contributed by atoms with E-state index in [-0.39, 0.29) is 34.6 Å². The molecule has 3 aromatic rings. The maximum Gasteiger partial charge on any atom is 0.306 e. The zero-order chi connectivity index (χ0) is 38.4. The molecule has 2 saturated heterocycles. The Kier molecular flexibility index (Phi) is 10.3. The van der Waals surface area contributed by atoms with Crippen molar-refractivity contribution >= 4 is 35.0 Å². The van der Waals surface area contributed by atoms with Crippen molar-refractivity contribution in [3.63, 3.8) is 0 Å². The molecule has 2 aliphatic carbocycles. The highest BCUT2D eigenvalue weighted by Crippen LogP contribution is 2.46. The van der Waals surface area contributed by atoms with Crippen molar-refractivity contribution in [2.45, 2.75) is 118 Å². The van der Waals surface area contributed by atoms with E-state index in [1.807, 2.05) is 92.3 Å². The molecule has 0 radical (unpaired) electrons. The Hall–Kier alpha value is -4.74. The number of carbonyl (C=O) groups is 2. The van der Waals surface area contributed by atoms with Crippen LogP contribution in [0.5, 0.6) is 0 Å². The van der Waals surface area contributed by atoms with Gasteiger partial charge in [0.05, 0.1) is 47.4 Å². The molecule has 0 N–H and O–H groups in total. The fourth-order valence-corrected chi connectivity index (χ4v) is 8.32. The summed E-state index contributed by atoms with van der Waals surface area (Å²) in [6, 6.07) is 4.06. The lowest BCUT2D eigenvalue weighted by Crippen LogP contribution is -2.29. The second-order valence-corrected chi connectivity index (χ2v) is 17.3. The number of rotatable bonds is 10. The van der Waals surface area contributed by atoms with E-state index in [9.17, 15) is 9.59 Å². The number of fused-ring (bicyclic) bond motifs is 4. The predicted octanol–water partition coefficient (Wildman–Crippen LogP) is 7.24. The van der Waals surface area contributed by atoms with Gasteiger partial charge in [0.25, 0.3) is 0 Å². The number of nitrogens with zero attached hydrogens (tertiary/aromatic N) is 8. The Morgan fingerprint density at radius 2 is 1.09 bits per heavy atom. The van der Waals surface area contributed by atoms with Crippen LogP contribution in [0.1, 0.15) is 139 Å². The standard InChI is InChI=1S/C42H54N8O4/c1-9-43-39-27(13-17-49(39)37-25-11-15-45-35(37)31(19-25)53-33(51)21-41(3,4)5)29-23-48-30(24-47-29)28-14-18-50(40(28)44-10-2)38-26-12-16-46-36(38)32(20-26)54-34(52)22-42(6,7)8/h11-12,15-16,23-24,27-28,31-32H,9-10,13-14,17-22H2,1-8H3. The van der Waals surface area contributed by atoms with E-state index in [1.54, 1.807) is 0 Å². The minimum atomic E-state index is -0.399. The summed E-state index contributed by atoms with van der Waals surface area (Å²) in [7, 11) is 0. The Morgan fingerprint density at radius 3 is 1.44 bits per heavy atom. The summed E-state index contributed by atoms with van der Waals surface area (Å²) >= 11 is 0. The van der Waals surface area contributed by atoms with Crippen LogP contribution >= 0.6 is 0 Å². The predicted molar refractivity (Wildman–Crippen MR) is 209 cm³/mol. The first kappa shape index (κ1) is 37.6. The Morgan fingerprint density at radius 1 is 0.685 bits per heavy atom. The zero-order valence-corrected chi connectivity index (χ0v) is 33.1. The Balaban J connectivity index is 1.09. The van der Waals surface area contributed by atoms with Crippen molar-refractivity contribution in [3.8, 4) is 0 Å². The molecule has 4 atom stereocenters. The van der Waals surface area contributed by atoms with Gasteiger partial charge in [-0.2, -0.15) is 0 Å². The molecule has 2 aliphatic heterocycles. The quantitative estimate of drug-likeness (QED) is 0.196. The Bertz CT molecular complexity index is 1820. The maximum absolute atomic E-state index is 12.8. The first-order chi connectivity index (χ1) is 25.7. The van der Waals surface area contributed by atoms with Gasteiger partial charge in [-0.25, -0.2) is 0 Å². The summed E-state index contributed by atoms with van der Waals surface area (Å²) in [5.74, 6) is 1.45.